The summed E-state index contributed by atoms with van der Waals surface area (Å²) in [5.74, 6) is -0.326. The van der Waals surface area contributed by atoms with Gasteiger partial charge in [-0.1, -0.05) is 90.6 Å². The molecule has 1 N–H and O–H groups in total. The fourth-order valence-electron chi connectivity index (χ4n) is 3.20. The monoisotopic (exact) mass is 409 g/mol. The fourth-order valence-corrected chi connectivity index (χ4v) is 3.20. The zero-order chi connectivity index (χ0) is 22.0. The van der Waals surface area contributed by atoms with Crippen molar-refractivity contribution in [1.29, 1.82) is 0 Å². The van der Waals surface area contributed by atoms with Gasteiger partial charge in [0, 0.05) is 18.5 Å². The topological polar surface area (TPSA) is 55.4 Å². The van der Waals surface area contributed by atoms with Crippen LogP contribution in [0.25, 0.3) is 0 Å². The van der Waals surface area contributed by atoms with Gasteiger partial charge in [0.2, 0.25) is 5.91 Å². The van der Waals surface area contributed by atoms with Gasteiger partial charge in [-0.25, -0.2) is 4.79 Å². The van der Waals surface area contributed by atoms with E-state index in [0.717, 1.165) is 12.8 Å². The first-order chi connectivity index (χ1) is 13.8. The van der Waals surface area contributed by atoms with Crippen molar-refractivity contribution in [3.05, 3.63) is 12.2 Å². The Morgan fingerprint density at radius 2 is 1.21 bits per heavy atom. The van der Waals surface area contributed by atoms with Crippen LogP contribution in [0.5, 0.6) is 0 Å². The molecule has 0 aromatic rings. The molecule has 0 heterocycles. The van der Waals surface area contributed by atoms with Crippen LogP contribution in [0.15, 0.2) is 12.2 Å². The number of hydrogen-bond donors (Lipinski definition) is 1. The van der Waals surface area contributed by atoms with Gasteiger partial charge in [0.25, 0.3) is 0 Å². The van der Waals surface area contributed by atoms with E-state index in [1.165, 1.54) is 70.6 Å². The molecule has 0 fully saturated rings. The number of rotatable bonds is 18. The Hall–Kier alpha value is -1.32. The third-order valence-corrected chi connectivity index (χ3v) is 4.94. The minimum atomic E-state index is -0.516. The predicted molar refractivity (Wildman–Crippen MR) is 123 cm³/mol. The van der Waals surface area contributed by atoms with Gasteiger partial charge in [-0.05, 0) is 33.6 Å². The van der Waals surface area contributed by atoms with Crippen LogP contribution < -0.4 is 5.32 Å². The molecule has 0 rings (SSSR count). The van der Waals surface area contributed by atoms with Crippen molar-refractivity contribution in [2.75, 3.05) is 6.54 Å². The summed E-state index contributed by atoms with van der Waals surface area (Å²) in [6.45, 7) is 11.9. The van der Waals surface area contributed by atoms with Gasteiger partial charge in [0.05, 0.1) is 0 Å². The van der Waals surface area contributed by atoms with Crippen molar-refractivity contribution in [3.8, 4) is 0 Å². The molecule has 0 bridgehead atoms. The molecule has 0 aliphatic heterocycles. The van der Waals surface area contributed by atoms with Crippen molar-refractivity contribution in [1.82, 2.24) is 5.32 Å². The summed E-state index contributed by atoms with van der Waals surface area (Å²) in [6, 6.07) is 0. The lowest BCUT2D eigenvalue weighted by molar-refractivity contribution is -0.150. The molecule has 0 atom stereocenters. The lowest BCUT2D eigenvalue weighted by Crippen LogP contribution is -2.27. The first-order valence-corrected chi connectivity index (χ1v) is 11.9. The van der Waals surface area contributed by atoms with Crippen LogP contribution in [0, 0.1) is 0 Å². The lowest BCUT2D eigenvalue weighted by Gasteiger charge is -2.20. The summed E-state index contributed by atoms with van der Waals surface area (Å²) in [5.41, 5.74) is -0.112. The van der Waals surface area contributed by atoms with E-state index in [-0.39, 0.29) is 11.9 Å². The third kappa shape index (κ3) is 19.8. The molecule has 0 aromatic carbocycles. The van der Waals surface area contributed by atoms with E-state index in [4.69, 9.17) is 4.74 Å². The number of carbonyl (C=O) groups excluding carboxylic acids is 2. The standard InChI is InChI=1S/C25H47NO3/c1-6-7-8-9-10-11-12-13-14-15-16-17-18-19-23(27)26-21-20-22(2)24(28)29-25(3,4)5/h2,6-21H2,1,3-5H3,(H,26,27). The molecule has 0 aromatic heterocycles. The number of ether oxygens (including phenoxy) is 1. The summed E-state index contributed by atoms with van der Waals surface area (Å²) in [6.07, 6.45) is 17.9. The van der Waals surface area contributed by atoms with Gasteiger partial charge in [-0.2, -0.15) is 0 Å². The number of carbonyl (C=O) groups is 2. The number of amides is 1. The largest absolute Gasteiger partial charge is 0.457 e. The fraction of sp³-hybridized carbons (Fsp3) is 0.840. The number of nitrogens with one attached hydrogen (secondary N) is 1. The zero-order valence-corrected chi connectivity index (χ0v) is 19.7. The Morgan fingerprint density at radius 1 is 0.759 bits per heavy atom. The van der Waals surface area contributed by atoms with Crippen LogP contribution in [0.1, 0.15) is 124 Å². The van der Waals surface area contributed by atoms with Crippen LogP contribution in [0.3, 0.4) is 0 Å². The highest BCUT2D eigenvalue weighted by Crippen LogP contribution is 2.13. The molecule has 4 nitrogen and oxygen atoms in total. The minimum absolute atomic E-state index is 0.0602. The van der Waals surface area contributed by atoms with Crippen molar-refractivity contribution in [2.45, 2.75) is 130 Å². The van der Waals surface area contributed by atoms with E-state index in [2.05, 4.69) is 18.8 Å². The molecule has 0 spiro atoms. The maximum absolute atomic E-state index is 11.9. The van der Waals surface area contributed by atoms with E-state index in [1.54, 1.807) is 0 Å². The average molecular weight is 410 g/mol. The van der Waals surface area contributed by atoms with Gasteiger partial charge in [-0.15, -0.1) is 0 Å². The van der Waals surface area contributed by atoms with Crippen LogP contribution in [0.2, 0.25) is 0 Å². The number of esters is 1. The second-order valence-corrected chi connectivity index (χ2v) is 9.20. The van der Waals surface area contributed by atoms with Crippen LogP contribution in [0.4, 0.5) is 0 Å². The van der Waals surface area contributed by atoms with Crippen LogP contribution in [-0.4, -0.2) is 24.0 Å². The van der Waals surface area contributed by atoms with Crippen molar-refractivity contribution >= 4 is 11.9 Å². The smallest absolute Gasteiger partial charge is 0.333 e. The highest BCUT2D eigenvalue weighted by Gasteiger charge is 2.18. The normalized spacial score (nSPS) is 11.3. The molecule has 4 heteroatoms. The molecule has 170 valence electrons. The van der Waals surface area contributed by atoms with E-state index in [9.17, 15) is 9.59 Å². The van der Waals surface area contributed by atoms with Gasteiger partial charge >= 0.3 is 5.97 Å². The molecule has 1 amide bonds. The first kappa shape index (κ1) is 27.7. The Kier molecular flexibility index (Phi) is 16.7. The molecular weight excluding hydrogens is 362 g/mol. The highest BCUT2D eigenvalue weighted by molar-refractivity contribution is 5.88. The number of unbranched alkanes of at least 4 members (excludes halogenated alkanes) is 12. The van der Waals surface area contributed by atoms with E-state index < -0.39 is 5.60 Å². The van der Waals surface area contributed by atoms with E-state index in [0.29, 0.717) is 25.0 Å². The predicted octanol–water partition coefficient (Wildman–Crippen LogP) is 6.87. The van der Waals surface area contributed by atoms with Crippen molar-refractivity contribution in [3.63, 3.8) is 0 Å². The molecule has 0 radical (unpaired) electrons. The van der Waals surface area contributed by atoms with Crippen molar-refractivity contribution < 1.29 is 14.3 Å². The highest BCUT2D eigenvalue weighted by atomic mass is 16.6. The zero-order valence-electron chi connectivity index (χ0n) is 19.7. The SMILES string of the molecule is C=C(CCNC(=O)CCCCCCCCCCCCCCC)C(=O)OC(C)(C)C. The minimum Gasteiger partial charge on any atom is -0.457 e. The second kappa shape index (κ2) is 17.5. The molecule has 0 aliphatic carbocycles. The molecule has 0 aliphatic rings. The van der Waals surface area contributed by atoms with Gasteiger partial charge < -0.3 is 10.1 Å². The molecule has 0 saturated heterocycles. The van der Waals surface area contributed by atoms with Crippen LogP contribution in [-0.2, 0) is 14.3 Å². The molecule has 0 unspecified atom stereocenters. The second-order valence-electron chi connectivity index (χ2n) is 9.20. The Balaban J connectivity index is 3.44. The van der Waals surface area contributed by atoms with Crippen LogP contribution >= 0.6 is 0 Å². The molecule has 0 saturated carbocycles. The summed E-state index contributed by atoms with van der Waals surface area (Å²) < 4.78 is 5.26. The quantitative estimate of drug-likeness (QED) is 0.153. The number of hydrogen-bond acceptors (Lipinski definition) is 3. The Bertz CT molecular complexity index is 451. The summed E-state index contributed by atoms with van der Waals surface area (Å²) >= 11 is 0. The summed E-state index contributed by atoms with van der Waals surface area (Å²) in [5, 5.41) is 2.87. The van der Waals surface area contributed by atoms with Gasteiger partial charge in [-0.3, -0.25) is 4.79 Å². The van der Waals surface area contributed by atoms with E-state index in [1.807, 2.05) is 20.8 Å². The van der Waals surface area contributed by atoms with Gasteiger partial charge in [0.1, 0.15) is 5.60 Å². The maximum Gasteiger partial charge on any atom is 0.333 e. The first-order valence-electron chi connectivity index (χ1n) is 11.9. The summed E-state index contributed by atoms with van der Waals surface area (Å²) in [7, 11) is 0. The summed E-state index contributed by atoms with van der Waals surface area (Å²) in [4.78, 5) is 23.7. The third-order valence-electron chi connectivity index (χ3n) is 4.94. The van der Waals surface area contributed by atoms with Gasteiger partial charge in [0.15, 0.2) is 0 Å². The van der Waals surface area contributed by atoms with Crippen molar-refractivity contribution in [2.24, 2.45) is 0 Å². The Morgan fingerprint density at radius 3 is 1.66 bits per heavy atom. The Labute approximate surface area is 180 Å². The van der Waals surface area contributed by atoms with E-state index >= 15 is 0 Å². The average Bonchev–Trinajstić information content (AvgIpc) is 2.64. The molecular formula is C25H47NO3. The molecule has 29 heavy (non-hydrogen) atoms. The lowest BCUT2D eigenvalue weighted by atomic mass is 10.0. The maximum atomic E-state index is 11.9.